The molecule has 1 amide bonds. The molecule has 140 valence electrons. The van der Waals surface area contributed by atoms with Gasteiger partial charge in [0, 0.05) is 19.2 Å². The zero-order valence-electron chi connectivity index (χ0n) is 14.2. The number of sulfonamides is 1. The third kappa shape index (κ3) is 4.83. The number of likely N-dealkylation sites (N-methyl/N-ethyl adjacent to an activating group) is 1. The van der Waals surface area contributed by atoms with Gasteiger partial charge in [-0.2, -0.15) is 0 Å². The Hall–Kier alpha value is -2.85. The minimum Gasteiger partial charge on any atom is -0.496 e. The topological polar surface area (TPSA) is 129 Å². The molecule has 2 aromatic rings. The van der Waals surface area contributed by atoms with Gasteiger partial charge in [0.25, 0.3) is 15.9 Å². The summed E-state index contributed by atoms with van der Waals surface area (Å²) in [6, 6.07) is 9.34. The van der Waals surface area contributed by atoms with Crippen LogP contribution in [-0.4, -0.2) is 46.0 Å². The second-order valence-electron chi connectivity index (χ2n) is 5.30. The van der Waals surface area contributed by atoms with Gasteiger partial charge in [0.2, 0.25) is 10.9 Å². The van der Waals surface area contributed by atoms with Crippen molar-refractivity contribution in [3.8, 4) is 5.75 Å². The molecule has 1 aromatic heterocycles. The lowest BCUT2D eigenvalue weighted by Crippen LogP contribution is -2.30. The second kappa shape index (κ2) is 8.02. The smallest absolute Gasteiger partial charge is 0.374 e. The van der Waals surface area contributed by atoms with Crippen LogP contribution in [0.3, 0.4) is 0 Å². The molecule has 0 radical (unpaired) electrons. The van der Waals surface area contributed by atoms with Crippen LogP contribution >= 0.6 is 0 Å². The first-order chi connectivity index (χ1) is 12.2. The minimum absolute atomic E-state index is 0.261. The van der Waals surface area contributed by atoms with Gasteiger partial charge in [-0.25, -0.2) is 18.4 Å². The fourth-order valence-corrected chi connectivity index (χ4v) is 2.53. The lowest BCUT2D eigenvalue weighted by Gasteiger charge is -2.18. The number of nitrogens with zero attached hydrogens (tertiary/aromatic N) is 1. The Balaban J connectivity index is 1.93. The average Bonchev–Trinajstić information content (AvgIpc) is 3.10. The van der Waals surface area contributed by atoms with E-state index >= 15 is 0 Å². The minimum atomic E-state index is -4.06. The highest BCUT2D eigenvalue weighted by Crippen LogP contribution is 2.19. The first-order valence-electron chi connectivity index (χ1n) is 7.38. The first-order valence-corrected chi connectivity index (χ1v) is 8.92. The Morgan fingerprint density at radius 1 is 1.19 bits per heavy atom. The van der Waals surface area contributed by atoms with Crippen molar-refractivity contribution in [2.75, 3.05) is 20.8 Å². The molecule has 26 heavy (non-hydrogen) atoms. The van der Waals surface area contributed by atoms with Crippen LogP contribution in [0.15, 0.2) is 45.9 Å². The van der Waals surface area contributed by atoms with E-state index in [4.69, 9.17) is 19.0 Å². The molecule has 1 aromatic carbocycles. The summed E-state index contributed by atoms with van der Waals surface area (Å²) < 4.78 is 37.1. The van der Waals surface area contributed by atoms with Crippen molar-refractivity contribution in [1.29, 1.82) is 0 Å². The van der Waals surface area contributed by atoms with Gasteiger partial charge in [0.05, 0.1) is 7.11 Å². The fourth-order valence-electron chi connectivity index (χ4n) is 2.07. The largest absolute Gasteiger partial charge is 0.496 e. The van der Waals surface area contributed by atoms with E-state index < -0.39 is 33.6 Å². The van der Waals surface area contributed by atoms with Crippen LogP contribution in [0.5, 0.6) is 5.75 Å². The van der Waals surface area contributed by atoms with Crippen LogP contribution < -0.4 is 9.88 Å². The maximum Gasteiger partial charge on any atom is 0.374 e. The van der Waals surface area contributed by atoms with Crippen LogP contribution in [0, 0.1) is 0 Å². The first kappa shape index (κ1) is 19.5. The SMILES string of the molecule is COc1ccccc1CN(C)C(=O)COC(=O)c1ccc(S(N)(=O)=O)o1. The van der Waals surface area contributed by atoms with Crippen molar-refractivity contribution in [2.24, 2.45) is 5.14 Å². The Kier molecular flexibility index (Phi) is 6.01. The quantitative estimate of drug-likeness (QED) is 0.700. The average molecular weight is 382 g/mol. The predicted octanol–water partition coefficient (Wildman–Crippen LogP) is 0.751. The summed E-state index contributed by atoms with van der Waals surface area (Å²) in [5, 5.41) is 4.32. The number of benzene rings is 1. The molecular weight excluding hydrogens is 364 g/mol. The summed E-state index contributed by atoms with van der Waals surface area (Å²) in [7, 11) is -0.983. The predicted molar refractivity (Wildman–Crippen MR) is 89.8 cm³/mol. The third-order valence-electron chi connectivity index (χ3n) is 3.42. The number of carbonyl (C=O) groups excluding carboxylic acids is 2. The molecule has 0 aliphatic carbocycles. The van der Waals surface area contributed by atoms with Crippen molar-refractivity contribution in [2.45, 2.75) is 11.6 Å². The summed E-state index contributed by atoms with van der Waals surface area (Å²) >= 11 is 0. The van der Waals surface area contributed by atoms with Crippen LogP contribution in [0.1, 0.15) is 16.1 Å². The van der Waals surface area contributed by atoms with E-state index in [2.05, 4.69) is 0 Å². The number of carbonyl (C=O) groups is 2. The Morgan fingerprint density at radius 3 is 2.50 bits per heavy atom. The van der Waals surface area contributed by atoms with E-state index in [9.17, 15) is 18.0 Å². The van der Waals surface area contributed by atoms with Crippen LogP contribution in [0.25, 0.3) is 0 Å². The highest BCUT2D eigenvalue weighted by atomic mass is 32.2. The normalized spacial score (nSPS) is 11.0. The number of amides is 1. The molecule has 1 heterocycles. The molecule has 0 aliphatic rings. The number of furan rings is 1. The molecule has 0 spiro atoms. The van der Waals surface area contributed by atoms with Gasteiger partial charge < -0.3 is 18.8 Å². The molecule has 2 N–H and O–H groups in total. The molecule has 10 heteroatoms. The molecule has 0 atom stereocenters. The summed E-state index contributed by atoms with van der Waals surface area (Å²) in [5.74, 6) is -1.16. The molecule has 0 saturated carbocycles. The summed E-state index contributed by atoms with van der Waals surface area (Å²) in [6.07, 6.45) is 0. The third-order valence-corrected chi connectivity index (χ3v) is 4.20. The lowest BCUT2D eigenvalue weighted by molar-refractivity contribution is -0.133. The molecular formula is C16H18N2O7S. The Bertz CT molecular complexity index is 905. The van der Waals surface area contributed by atoms with Gasteiger partial charge in [-0.15, -0.1) is 0 Å². The standard InChI is InChI=1S/C16H18N2O7S/c1-18(9-11-5-3-4-6-12(11)23-2)14(19)10-24-16(20)13-7-8-15(25-13)26(17,21)22/h3-8H,9-10H2,1-2H3,(H2,17,21,22). The molecule has 9 nitrogen and oxygen atoms in total. The second-order valence-corrected chi connectivity index (χ2v) is 6.79. The zero-order valence-corrected chi connectivity index (χ0v) is 15.0. The lowest BCUT2D eigenvalue weighted by atomic mass is 10.2. The summed E-state index contributed by atoms with van der Waals surface area (Å²) in [6.45, 7) is -0.271. The van der Waals surface area contributed by atoms with E-state index in [0.29, 0.717) is 5.75 Å². The fraction of sp³-hybridized carbons (Fsp3) is 0.250. The monoisotopic (exact) mass is 382 g/mol. The molecule has 0 saturated heterocycles. The molecule has 0 aliphatic heterocycles. The van der Waals surface area contributed by atoms with Gasteiger partial charge in [-0.3, -0.25) is 4.79 Å². The molecule has 0 unspecified atom stereocenters. The van der Waals surface area contributed by atoms with Gasteiger partial charge in [-0.1, -0.05) is 18.2 Å². The van der Waals surface area contributed by atoms with E-state index in [0.717, 1.165) is 17.7 Å². The van der Waals surface area contributed by atoms with Crippen molar-refractivity contribution in [3.05, 3.63) is 47.7 Å². The van der Waals surface area contributed by atoms with Crippen molar-refractivity contribution in [1.82, 2.24) is 4.90 Å². The number of para-hydroxylation sites is 1. The molecule has 2 rings (SSSR count). The number of hydrogen-bond acceptors (Lipinski definition) is 7. The highest BCUT2D eigenvalue weighted by molar-refractivity contribution is 7.89. The van der Waals surface area contributed by atoms with Crippen LogP contribution in [-0.2, 0) is 26.1 Å². The molecule has 0 fully saturated rings. The van der Waals surface area contributed by atoms with E-state index in [1.807, 2.05) is 18.2 Å². The highest BCUT2D eigenvalue weighted by Gasteiger charge is 2.20. The molecule has 0 bridgehead atoms. The Morgan fingerprint density at radius 2 is 1.88 bits per heavy atom. The van der Waals surface area contributed by atoms with Gasteiger partial charge in [0.1, 0.15) is 5.75 Å². The Labute approximate surface area is 150 Å². The number of esters is 1. The van der Waals surface area contributed by atoms with E-state index in [1.54, 1.807) is 13.1 Å². The van der Waals surface area contributed by atoms with Crippen molar-refractivity contribution >= 4 is 21.9 Å². The number of hydrogen-bond donors (Lipinski definition) is 1. The zero-order chi connectivity index (χ0) is 19.3. The maximum atomic E-state index is 12.1. The number of primary sulfonamides is 1. The van der Waals surface area contributed by atoms with Gasteiger partial charge in [0.15, 0.2) is 6.61 Å². The maximum absolute atomic E-state index is 12.1. The van der Waals surface area contributed by atoms with Crippen LogP contribution in [0.2, 0.25) is 0 Å². The number of methoxy groups -OCH3 is 1. The number of ether oxygens (including phenoxy) is 2. The van der Waals surface area contributed by atoms with E-state index in [-0.39, 0.29) is 12.3 Å². The number of rotatable bonds is 7. The van der Waals surface area contributed by atoms with E-state index in [1.165, 1.54) is 12.0 Å². The van der Waals surface area contributed by atoms with Gasteiger partial charge in [-0.05, 0) is 18.2 Å². The summed E-state index contributed by atoms with van der Waals surface area (Å²) in [5.41, 5.74) is 0.793. The summed E-state index contributed by atoms with van der Waals surface area (Å²) in [4.78, 5) is 25.3. The van der Waals surface area contributed by atoms with Crippen molar-refractivity contribution < 1.29 is 31.9 Å². The number of nitrogens with two attached hydrogens (primary N) is 1. The van der Waals surface area contributed by atoms with Gasteiger partial charge >= 0.3 is 5.97 Å². The van der Waals surface area contributed by atoms with Crippen molar-refractivity contribution in [3.63, 3.8) is 0 Å². The van der Waals surface area contributed by atoms with Crippen LogP contribution in [0.4, 0.5) is 0 Å².